The first-order valence-corrected chi connectivity index (χ1v) is 6.43. The number of benzene rings is 1. The molecule has 19 heavy (non-hydrogen) atoms. The van der Waals surface area contributed by atoms with Crippen molar-refractivity contribution < 1.29 is 13.2 Å². The van der Waals surface area contributed by atoms with Crippen molar-refractivity contribution >= 4 is 5.84 Å². The third-order valence-corrected chi connectivity index (χ3v) is 3.50. The number of amidine groups is 1. The quantitative estimate of drug-likeness (QED) is 0.659. The molecule has 0 heterocycles. The molecule has 0 bridgehead atoms. The average Bonchev–Trinajstić information content (AvgIpc) is 2.89. The van der Waals surface area contributed by atoms with Gasteiger partial charge in [-0.2, -0.15) is 13.2 Å². The minimum atomic E-state index is -4.29. The molecule has 2 rings (SSSR count). The van der Waals surface area contributed by atoms with Gasteiger partial charge < -0.3 is 5.73 Å². The molecule has 1 aliphatic rings. The van der Waals surface area contributed by atoms with Crippen LogP contribution in [0, 0.1) is 5.92 Å². The molecule has 1 aliphatic carbocycles. The second-order valence-corrected chi connectivity index (χ2v) is 4.92. The molecular formula is C14H17F3N2. The lowest BCUT2D eigenvalue weighted by Gasteiger charge is -2.09. The van der Waals surface area contributed by atoms with Crippen molar-refractivity contribution in [3.8, 4) is 0 Å². The Labute approximate surface area is 110 Å². The van der Waals surface area contributed by atoms with Crippen LogP contribution in [-0.2, 0) is 12.7 Å². The Hall–Kier alpha value is -1.52. The van der Waals surface area contributed by atoms with E-state index in [1.807, 2.05) is 0 Å². The summed E-state index contributed by atoms with van der Waals surface area (Å²) in [5, 5.41) is 0. The minimum Gasteiger partial charge on any atom is -0.387 e. The second kappa shape index (κ2) is 5.63. The van der Waals surface area contributed by atoms with Crippen LogP contribution in [-0.4, -0.2) is 5.84 Å². The molecule has 0 amide bonds. The Morgan fingerprint density at radius 3 is 2.26 bits per heavy atom. The highest BCUT2D eigenvalue weighted by atomic mass is 19.4. The van der Waals surface area contributed by atoms with E-state index in [1.54, 1.807) is 0 Å². The van der Waals surface area contributed by atoms with Crippen LogP contribution in [0.3, 0.4) is 0 Å². The van der Waals surface area contributed by atoms with Crippen LogP contribution in [0.15, 0.2) is 29.3 Å². The molecule has 1 fully saturated rings. The predicted molar refractivity (Wildman–Crippen MR) is 68.7 cm³/mol. The van der Waals surface area contributed by atoms with E-state index in [4.69, 9.17) is 5.73 Å². The summed E-state index contributed by atoms with van der Waals surface area (Å²) in [4.78, 5) is 4.28. The van der Waals surface area contributed by atoms with Crippen LogP contribution >= 0.6 is 0 Å². The third-order valence-electron chi connectivity index (χ3n) is 3.50. The van der Waals surface area contributed by atoms with Gasteiger partial charge in [0.25, 0.3) is 0 Å². The number of rotatable bonds is 3. The highest BCUT2D eigenvalue weighted by Crippen LogP contribution is 2.29. The number of hydrogen-bond acceptors (Lipinski definition) is 1. The van der Waals surface area contributed by atoms with Crippen LogP contribution in [0.1, 0.15) is 36.8 Å². The van der Waals surface area contributed by atoms with Crippen LogP contribution in [0.2, 0.25) is 0 Å². The van der Waals surface area contributed by atoms with Gasteiger partial charge in [-0.1, -0.05) is 25.0 Å². The Bertz CT molecular complexity index is 443. The number of hydrogen-bond donors (Lipinski definition) is 1. The smallest absolute Gasteiger partial charge is 0.387 e. The maximum Gasteiger partial charge on any atom is 0.416 e. The summed E-state index contributed by atoms with van der Waals surface area (Å²) in [6.07, 6.45) is 0.220. The van der Waals surface area contributed by atoms with Crippen LogP contribution in [0.5, 0.6) is 0 Å². The van der Waals surface area contributed by atoms with Crippen molar-refractivity contribution in [2.45, 2.75) is 38.4 Å². The highest BCUT2D eigenvalue weighted by molar-refractivity contribution is 5.83. The van der Waals surface area contributed by atoms with E-state index in [9.17, 15) is 13.2 Å². The van der Waals surface area contributed by atoms with E-state index < -0.39 is 11.7 Å². The Morgan fingerprint density at radius 1 is 1.16 bits per heavy atom. The van der Waals surface area contributed by atoms with Gasteiger partial charge in [-0.15, -0.1) is 0 Å². The molecule has 1 saturated carbocycles. The highest BCUT2D eigenvalue weighted by Gasteiger charge is 2.29. The van der Waals surface area contributed by atoms with Crippen molar-refractivity contribution in [3.05, 3.63) is 35.4 Å². The van der Waals surface area contributed by atoms with Gasteiger partial charge in [0.05, 0.1) is 17.9 Å². The molecule has 0 radical (unpaired) electrons. The van der Waals surface area contributed by atoms with E-state index in [-0.39, 0.29) is 0 Å². The Morgan fingerprint density at radius 2 is 1.74 bits per heavy atom. The molecule has 1 aromatic carbocycles. The third kappa shape index (κ3) is 3.72. The average molecular weight is 270 g/mol. The topological polar surface area (TPSA) is 38.4 Å². The summed E-state index contributed by atoms with van der Waals surface area (Å²) < 4.78 is 37.2. The molecule has 0 unspecified atom stereocenters. The predicted octanol–water partition coefficient (Wildman–Crippen LogP) is 3.75. The molecule has 1 aromatic rings. The molecule has 5 heteroatoms. The second-order valence-electron chi connectivity index (χ2n) is 4.92. The first kappa shape index (κ1) is 13.9. The minimum absolute atomic E-state index is 0.348. The van der Waals surface area contributed by atoms with Gasteiger partial charge in [-0.25, -0.2) is 0 Å². The molecule has 0 aliphatic heterocycles. The van der Waals surface area contributed by atoms with E-state index in [1.165, 1.54) is 25.0 Å². The number of alkyl halides is 3. The van der Waals surface area contributed by atoms with Gasteiger partial charge >= 0.3 is 6.18 Å². The molecule has 104 valence electrons. The maximum atomic E-state index is 12.4. The normalized spacial score (nSPS) is 17.9. The van der Waals surface area contributed by atoms with Gasteiger partial charge in [-0.05, 0) is 30.5 Å². The fraction of sp³-hybridized carbons (Fsp3) is 0.500. The molecule has 2 N–H and O–H groups in total. The van der Waals surface area contributed by atoms with E-state index in [0.29, 0.717) is 18.3 Å². The Kier molecular flexibility index (Phi) is 4.12. The number of aliphatic imine (C=N–C) groups is 1. The molecule has 0 spiro atoms. The standard InChI is InChI=1S/C14H17F3N2/c15-14(16,17)12-7-5-10(6-8-12)9-19-13(18)11-3-1-2-4-11/h5-8,11H,1-4,9H2,(H2,18,19). The lowest BCUT2D eigenvalue weighted by Crippen LogP contribution is -2.21. The van der Waals surface area contributed by atoms with Gasteiger partial charge in [0.2, 0.25) is 0 Å². The number of halogens is 3. The lowest BCUT2D eigenvalue weighted by atomic mass is 10.1. The first-order chi connectivity index (χ1) is 8.97. The van der Waals surface area contributed by atoms with Crippen LogP contribution < -0.4 is 5.73 Å². The van der Waals surface area contributed by atoms with Gasteiger partial charge in [0.15, 0.2) is 0 Å². The summed E-state index contributed by atoms with van der Waals surface area (Å²) >= 11 is 0. The number of nitrogens with two attached hydrogens (primary N) is 1. The molecule has 0 aromatic heterocycles. The SMILES string of the molecule is NC(=NCc1ccc(C(F)(F)F)cc1)C1CCCC1. The molecular weight excluding hydrogens is 253 g/mol. The van der Waals surface area contributed by atoms with Crippen molar-refractivity contribution in [3.63, 3.8) is 0 Å². The van der Waals surface area contributed by atoms with Gasteiger partial charge in [0.1, 0.15) is 0 Å². The van der Waals surface area contributed by atoms with Crippen molar-refractivity contribution in [2.24, 2.45) is 16.6 Å². The summed E-state index contributed by atoms with van der Waals surface area (Å²) in [5.74, 6) is 0.992. The van der Waals surface area contributed by atoms with E-state index >= 15 is 0 Å². The number of nitrogens with zero attached hydrogens (tertiary/aromatic N) is 1. The van der Waals surface area contributed by atoms with Crippen molar-refractivity contribution in [1.82, 2.24) is 0 Å². The summed E-state index contributed by atoms with van der Waals surface area (Å²) in [6, 6.07) is 5.07. The zero-order chi connectivity index (χ0) is 13.9. The van der Waals surface area contributed by atoms with Gasteiger partial charge in [-0.3, -0.25) is 4.99 Å². The van der Waals surface area contributed by atoms with Crippen molar-refractivity contribution in [1.29, 1.82) is 0 Å². The van der Waals surface area contributed by atoms with E-state index in [2.05, 4.69) is 4.99 Å². The lowest BCUT2D eigenvalue weighted by molar-refractivity contribution is -0.137. The molecule has 0 saturated heterocycles. The van der Waals surface area contributed by atoms with Crippen molar-refractivity contribution in [2.75, 3.05) is 0 Å². The van der Waals surface area contributed by atoms with E-state index in [0.717, 1.165) is 30.5 Å². The summed E-state index contributed by atoms with van der Waals surface area (Å²) in [5.41, 5.74) is 6.01. The Balaban J connectivity index is 1.98. The first-order valence-electron chi connectivity index (χ1n) is 6.43. The van der Waals surface area contributed by atoms with Crippen LogP contribution in [0.4, 0.5) is 13.2 Å². The fourth-order valence-electron chi connectivity index (χ4n) is 2.33. The molecule has 0 atom stereocenters. The van der Waals surface area contributed by atoms with Crippen LogP contribution in [0.25, 0.3) is 0 Å². The maximum absolute atomic E-state index is 12.4. The summed E-state index contributed by atoms with van der Waals surface area (Å²) in [6.45, 7) is 0.348. The van der Waals surface area contributed by atoms with Gasteiger partial charge in [0, 0.05) is 5.92 Å². The fourth-order valence-corrected chi connectivity index (χ4v) is 2.33. The monoisotopic (exact) mass is 270 g/mol. The largest absolute Gasteiger partial charge is 0.416 e. The molecule has 2 nitrogen and oxygen atoms in total. The zero-order valence-corrected chi connectivity index (χ0v) is 10.6. The summed E-state index contributed by atoms with van der Waals surface area (Å²) in [7, 11) is 0. The zero-order valence-electron chi connectivity index (χ0n) is 10.6.